The summed E-state index contributed by atoms with van der Waals surface area (Å²) in [4.78, 5) is 8.57. The summed E-state index contributed by atoms with van der Waals surface area (Å²) in [5, 5.41) is 0. The molecular weight excluding hydrogens is 312 g/mol. The van der Waals surface area contributed by atoms with Crippen LogP contribution in [0.4, 0.5) is 0 Å². The van der Waals surface area contributed by atoms with Gasteiger partial charge in [-0.2, -0.15) is 0 Å². The highest BCUT2D eigenvalue weighted by atomic mass is 32.2. The molecular formula is C17H18N2O3S. The number of methoxy groups -OCH3 is 3. The maximum absolute atomic E-state index is 5.67. The lowest BCUT2D eigenvalue weighted by molar-refractivity contribution is 0.322. The first-order valence-electron chi connectivity index (χ1n) is 7.11. The third-order valence-corrected chi connectivity index (χ3v) is 5.15. The molecule has 5 nitrogen and oxygen atoms in total. The lowest BCUT2D eigenvalue weighted by atomic mass is 9.90. The molecule has 0 fully saturated rings. The molecule has 1 aromatic heterocycles. The fourth-order valence-electron chi connectivity index (χ4n) is 2.80. The Kier molecular flexibility index (Phi) is 4.43. The van der Waals surface area contributed by atoms with Gasteiger partial charge in [0.05, 0.1) is 27.2 Å². The van der Waals surface area contributed by atoms with Crippen molar-refractivity contribution in [2.75, 3.05) is 27.2 Å². The highest BCUT2D eigenvalue weighted by Gasteiger charge is 2.40. The first-order valence-corrected chi connectivity index (χ1v) is 8.10. The SMILES string of the molecule is COc1ccc(C2(c3ccncc3)C=NCS2)c(OC)c1OC. The summed E-state index contributed by atoms with van der Waals surface area (Å²) in [7, 11) is 4.86. The van der Waals surface area contributed by atoms with E-state index < -0.39 is 4.75 Å². The summed E-state index contributed by atoms with van der Waals surface area (Å²) in [6.45, 7) is 0. The second-order valence-corrected chi connectivity index (χ2v) is 6.13. The van der Waals surface area contributed by atoms with Gasteiger partial charge in [-0.1, -0.05) is 0 Å². The van der Waals surface area contributed by atoms with Crippen molar-refractivity contribution in [2.24, 2.45) is 4.99 Å². The van der Waals surface area contributed by atoms with Crippen molar-refractivity contribution >= 4 is 18.0 Å². The molecule has 6 heteroatoms. The second kappa shape index (κ2) is 6.50. The number of ether oxygens (including phenoxy) is 3. The third-order valence-electron chi connectivity index (χ3n) is 3.85. The topological polar surface area (TPSA) is 52.9 Å². The average molecular weight is 330 g/mol. The first kappa shape index (κ1) is 15.7. The largest absolute Gasteiger partial charge is 0.493 e. The van der Waals surface area contributed by atoms with Gasteiger partial charge < -0.3 is 14.2 Å². The number of aromatic nitrogens is 1. The van der Waals surface area contributed by atoms with E-state index in [0.29, 0.717) is 23.1 Å². The van der Waals surface area contributed by atoms with E-state index in [1.807, 2.05) is 30.5 Å². The predicted molar refractivity (Wildman–Crippen MR) is 92.1 cm³/mol. The maximum Gasteiger partial charge on any atom is 0.203 e. The van der Waals surface area contributed by atoms with Crippen LogP contribution in [0, 0.1) is 0 Å². The minimum atomic E-state index is -0.423. The highest BCUT2D eigenvalue weighted by molar-refractivity contribution is 8.01. The number of nitrogens with zero attached hydrogens (tertiary/aromatic N) is 2. The fourth-order valence-corrected chi connectivity index (χ4v) is 3.92. The predicted octanol–water partition coefficient (Wildman–Crippen LogP) is 3.13. The van der Waals surface area contributed by atoms with Crippen molar-refractivity contribution in [3.8, 4) is 17.2 Å². The van der Waals surface area contributed by atoms with Crippen LogP contribution in [0.3, 0.4) is 0 Å². The lowest BCUT2D eigenvalue weighted by Gasteiger charge is -2.29. The number of rotatable bonds is 5. The molecule has 0 bridgehead atoms. The lowest BCUT2D eigenvalue weighted by Crippen LogP contribution is -2.24. The van der Waals surface area contributed by atoms with Gasteiger partial charge in [-0.05, 0) is 29.8 Å². The van der Waals surface area contributed by atoms with Gasteiger partial charge in [0, 0.05) is 24.2 Å². The zero-order valence-corrected chi connectivity index (χ0v) is 14.1. The number of hydrogen-bond acceptors (Lipinski definition) is 6. The van der Waals surface area contributed by atoms with E-state index in [1.54, 1.807) is 45.5 Å². The molecule has 3 rings (SSSR count). The van der Waals surface area contributed by atoms with Crippen LogP contribution >= 0.6 is 11.8 Å². The normalized spacial score (nSPS) is 19.6. The van der Waals surface area contributed by atoms with Crippen LogP contribution < -0.4 is 14.2 Å². The van der Waals surface area contributed by atoms with Gasteiger partial charge in [-0.15, -0.1) is 11.8 Å². The van der Waals surface area contributed by atoms with Gasteiger partial charge >= 0.3 is 0 Å². The molecule has 1 unspecified atom stereocenters. The monoisotopic (exact) mass is 330 g/mol. The molecule has 0 radical (unpaired) electrons. The van der Waals surface area contributed by atoms with Gasteiger partial charge in [-0.3, -0.25) is 9.98 Å². The van der Waals surface area contributed by atoms with Crippen molar-refractivity contribution in [2.45, 2.75) is 4.75 Å². The molecule has 1 atom stereocenters. The fraction of sp³-hybridized carbons (Fsp3) is 0.294. The minimum absolute atomic E-state index is 0.423. The highest BCUT2D eigenvalue weighted by Crippen LogP contribution is 2.52. The summed E-state index contributed by atoms with van der Waals surface area (Å²) in [6.07, 6.45) is 5.55. The smallest absolute Gasteiger partial charge is 0.203 e. The summed E-state index contributed by atoms with van der Waals surface area (Å²) in [6, 6.07) is 7.90. The molecule has 1 aromatic carbocycles. The van der Waals surface area contributed by atoms with Crippen LogP contribution in [0.1, 0.15) is 11.1 Å². The summed E-state index contributed by atoms with van der Waals surface area (Å²) >= 11 is 1.73. The van der Waals surface area contributed by atoms with Gasteiger partial charge in [-0.25, -0.2) is 0 Å². The number of hydrogen-bond donors (Lipinski definition) is 0. The quantitative estimate of drug-likeness (QED) is 0.843. The molecule has 0 amide bonds. The molecule has 1 aliphatic rings. The molecule has 1 aliphatic heterocycles. The van der Waals surface area contributed by atoms with Crippen LogP contribution in [0.5, 0.6) is 17.2 Å². The summed E-state index contributed by atoms with van der Waals surface area (Å²) in [5.41, 5.74) is 2.08. The molecule has 0 N–H and O–H groups in total. The zero-order valence-electron chi connectivity index (χ0n) is 13.3. The maximum atomic E-state index is 5.67. The van der Waals surface area contributed by atoms with Crippen LogP contribution in [-0.2, 0) is 4.75 Å². The van der Waals surface area contributed by atoms with E-state index >= 15 is 0 Å². The zero-order chi connectivity index (χ0) is 16.3. The summed E-state index contributed by atoms with van der Waals surface area (Å²) < 4.78 is 16.2. The van der Waals surface area contributed by atoms with Crippen LogP contribution in [0.15, 0.2) is 41.7 Å². The molecule has 2 heterocycles. The van der Waals surface area contributed by atoms with Crippen molar-refractivity contribution in [3.05, 3.63) is 47.8 Å². The van der Waals surface area contributed by atoms with Crippen LogP contribution in [0.25, 0.3) is 0 Å². The van der Waals surface area contributed by atoms with Gasteiger partial charge in [0.1, 0.15) is 4.75 Å². The molecule has 2 aromatic rings. The standard InChI is InChI=1S/C17H18N2O3S/c1-20-14-5-4-13(15(21-2)16(14)22-3)17(10-19-11-23-17)12-6-8-18-9-7-12/h4-10H,11H2,1-3H3. The molecule has 0 aliphatic carbocycles. The van der Waals surface area contributed by atoms with E-state index in [-0.39, 0.29) is 0 Å². The molecule has 0 saturated carbocycles. The number of pyridine rings is 1. The van der Waals surface area contributed by atoms with Crippen molar-refractivity contribution in [3.63, 3.8) is 0 Å². The van der Waals surface area contributed by atoms with E-state index in [4.69, 9.17) is 14.2 Å². The van der Waals surface area contributed by atoms with Gasteiger partial charge in [0.15, 0.2) is 11.5 Å². The molecule has 120 valence electrons. The Morgan fingerprint density at radius 1 is 0.957 bits per heavy atom. The molecule has 23 heavy (non-hydrogen) atoms. The number of aliphatic imine (C=N–C) groups is 1. The Balaban J connectivity index is 2.25. The number of thioether (sulfide) groups is 1. The second-order valence-electron chi connectivity index (χ2n) is 4.94. The van der Waals surface area contributed by atoms with Crippen molar-refractivity contribution < 1.29 is 14.2 Å². The van der Waals surface area contributed by atoms with Crippen LogP contribution in [-0.4, -0.2) is 38.4 Å². The van der Waals surface area contributed by atoms with E-state index in [9.17, 15) is 0 Å². The Morgan fingerprint density at radius 3 is 2.26 bits per heavy atom. The number of benzene rings is 1. The Bertz CT molecular complexity index is 721. The Morgan fingerprint density at radius 2 is 1.70 bits per heavy atom. The molecule has 0 spiro atoms. The van der Waals surface area contributed by atoms with E-state index in [0.717, 1.165) is 11.1 Å². The van der Waals surface area contributed by atoms with Crippen molar-refractivity contribution in [1.82, 2.24) is 4.98 Å². The van der Waals surface area contributed by atoms with Gasteiger partial charge in [0.25, 0.3) is 0 Å². The Labute approximate surface area is 139 Å². The minimum Gasteiger partial charge on any atom is -0.493 e. The van der Waals surface area contributed by atoms with Crippen molar-refractivity contribution in [1.29, 1.82) is 0 Å². The van der Waals surface area contributed by atoms with Crippen LogP contribution in [0.2, 0.25) is 0 Å². The third kappa shape index (κ3) is 2.53. The average Bonchev–Trinajstić information content (AvgIpc) is 3.11. The van der Waals surface area contributed by atoms with E-state index in [1.165, 1.54) is 0 Å². The Hall–Kier alpha value is -2.21. The van der Waals surface area contributed by atoms with E-state index in [2.05, 4.69) is 9.98 Å². The van der Waals surface area contributed by atoms with Gasteiger partial charge in [0.2, 0.25) is 5.75 Å². The first-order chi connectivity index (χ1) is 11.3. The summed E-state index contributed by atoms with van der Waals surface area (Å²) in [5.74, 6) is 2.57. The molecule has 0 saturated heterocycles.